The van der Waals surface area contributed by atoms with Crippen LogP contribution in [0.1, 0.15) is 31.2 Å². The quantitative estimate of drug-likeness (QED) is 0.853. The number of nitrogens with zero attached hydrogens (tertiary/aromatic N) is 3. The van der Waals surface area contributed by atoms with Crippen molar-refractivity contribution in [3.05, 3.63) is 16.8 Å². The number of piperazine rings is 1. The molecule has 0 bridgehead atoms. The lowest BCUT2D eigenvalue weighted by atomic mass is 10.1. The van der Waals surface area contributed by atoms with E-state index in [1.165, 1.54) is 20.7 Å². The third-order valence-corrected chi connectivity index (χ3v) is 5.76. The number of thiophene rings is 1. The van der Waals surface area contributed by atoms with Gasteiger partial charge >= 0.3 is 0 Å². The fourth-order valence-corrected chi connectivity index (χ4v) is 4.30. The second kappa shape index (κ2) is 6.88. The zero-order valence-electron chi connectivity index (χ0n) is 15.8. The van der Waals surface area contributed by atoms with E-state index in [2.05, 4.69) is 34.0 Å². The zero-order chi connectivity index (χ0) is 18.2. The van der Waals surface area contributed by atoms with E-state index in [4.69, 9.17) is 0 Å². The first kappa shape index (κ1) is 18.1. The molecule has 0 saturated carbocycles. The van der Waals surface area contributed by atoms with Crippen molar-refractivity contribution in [2.24, 2.45) is 0 Å². The number of quaternary nitrogens is 1. The molecule has 0 radical (unpaired) electrons. The van der Waals surface area contributed by atoms with Gasteiger partial charge in [-0.1, -0.05) is 0 Å². The molecule has 1 saturated heterocycles. The van der Waals surface area contributed by atoms with Crippen molar-refractivity contribution >= 4 is 33.3 Å². The minimum absolute atomic E-state index is 0.129. The highest BCUT2D eigenvalue weighted by Crippen LogP contribution is 2.34. The van der Waals surface area contributed by atoms with E-state index in [0.717, 1.165) is 36.8 Å². The second-order valence-electron chi connectivity index (χ2n) is 7.87. The molecule has 136 valence electrons. The Morgan fingerprint density at radius 2 is 1.96 bits per heavy atom. The van der Waals surface area contributed by atoms with Gasteiger partial charge < -0.3 is 15.1 Å². The predicted octanol–water partition coefficient (Wildman–Crippen LogP) is 0.928. The molecular weight excluding hydrogens is 334 g/mol. The number of nitrogens with one attached hydrogen (secondary N) is 2. The van der Waals surface area contributed by atoms with Crippen LogP contribution in [0.25, 0.3) is 10.2 Å². The molecule has 0 aromatic carbocycles. The number of aromatic nitrogens is 2. The van der Waals surface area contributed by atoms with Crippen molar-refractivity contribution in [3.8, 4) is 0 Å². The molecule has 2 aromatic rings. The van der Waals surface area contributed by atoms with Gasteiger partial charge in [-0.15, -0.1) is 11.3 Å². The average molecular weight is 363 g/mol. The number of carbonyl (C=O) groups excluding carboxylic acids is 1. The van der Waals surface area contributed by atoms with Crippen LogP contribution in [-0.2, 0) is 4.79 Å². The van der Waals surface area contributed by atoms with Gasteiger partial charge in [0, 0.05) is 10.4 Å². The molecule has 7 heteroatoms. The minimum atomic E-state index is -0.167. The number of rotatable bonds is 3. The largest absolute Gasteiger partial charge is 0.347 e. The number of hydrogen-bond donors (Lipinski definition) is 2. The number of amides is 1. The molecule has 1 fully saturated rings. The first-order valence-corrected chi connectivity index (χ1v) is 9.66. The van der Waals surface area contributed by atoms with Crippen molar-refractivity contribution in [2.45, 2.75) is 40.2 Å². The van der Waals surface area contributed by atoms with Crippen molar-refractivity contribution in [1.29, 1.82) is 0 Å². The molecular formula is C18H28N5OS+. The summed E-state index contributed by atoms with van der Waals surface area (Å²) in [6.07, 6.45) is 1.67. The highest BCUT2D eigenvalue weighted by atomic mass is 32.1. The van der Waals surface area contributed by atoms with Gasteiger partial charge in [-0.3, -0.25) is 4.79 Å². The summed E-state index contributed by atoms with van der Waals surface area (Å²) in [7, 11) is 0. The van der Waals surface area contributed by atoms with Crippen molar-refractivity contribution in [2.75, 3.05) is 37.6 Å². The molecule has 25 heavy (non-hydrogen) atoms. The van der Waals surface area contributed by atoms with E-state index >= 15 is 0 Å². The summed E-state index contributed by atoms with van der Waals surface area (Å²) in [6.45, 7) is 14.6. The summed E-state index contributed by atoms with van der Waals surface area (Å²) >= 11 is 1.74. The predicted molar refractivity (Wildman–Crippen MR) is 103 cm³/mol. The van der Waals surface area contributed by atoms with Gasteiger partial charge in [-0.05, 0) is 40.2 Å². The highest BCUT2D eigenvalue weighted by molar-refractivity contribution is 7.18. The molecule has 2 N–H and O–H groups in total. The number of fused-ring (bicyclic) bond motifs is 1. The summed E-state index contributed by atoms with van der Waals surface area (Å²) in [5.41, 5.74) is 1.12. The van der Waals surface area contributed by atoms with Crippen molar-refractivity contribution in [3.63, 3.8) is 0 Å². The second-order valence-corrected chi connectivity index (χ2v) is 9.08. The van der Waals surface area contributed by atoms with Crippen LogP contribution < -0.4 is 15.1 Å². The number of carbonyl (C=O) groups is 1. The van der Waals surface area contributed by atoms with Gasteiger partial charge in [-0.25, -0.2) is 9.97 Å². The lowest BCUT2D eigenvalue weighted by molar-refractivity contribution is -0.892. The Hall–Kier alpha value is -1.73. The third-order valence-electron chi connectivity index (χ3n) is 4.64. The van der Waals surface area contributed by atoms with Gasteiger partial charge in [0.15, 0.2) is 6.54 Å². The zero-order valence-corrected chi connectivity index (χ0v) is 16.6. The summed E-state index contributed by atoms with van der Waals surface area (Å²) in [4.78, 5) is 27.2. The lowest BCUT2D eigenvalue weighted by Crippen LogP contribution is -3.16. The van der Waals surface area contributed by atoms with Gasteiger partial charge in [0.1, 0.15) is 17.0 Å². The van der Waals surface area contributed by atoms with E-state index in [-0.39, 0.29) is 11.4 Å². The molecule has 0 atom stereocenters. The summed E-state index contributed by atoms with van der Waals surface area (Å²) in [6, 6.07) is 0. The molecule has 0 unspecified atom stereocenters. The molecule has 6 nitrogen and oxygen atoms in total. The van der Waals surface area contributed by atoms with Crippen LogP contribution in [0.2, 0.25) is 0 Å². The lowest BCUT2D eigenvalue weighted by Gasteiger charge is -2.33. The van der Waals surface area contributed by atoms with Crippen LogP contribution in [-0.4, -0.2) is 54.1 Å². The molecule has 1 aliphatic rings. The van der Waals surface area contributed by atoms with Crippen LogP contribution in [0.3, 0.4) is 0 Å². The SMILES string of the molecule is Cc1sc2ncnc(N3CC[NH+](CC(=O)NC(C)(C)C)CC3)c2c1C. The number of hydrogen-bond acceptors (Lipinski definition) is 5. The van der Waals surface area contributed by atoms with Gasteiger partial charge in [0.25, 0.3) is 5.91 Å². The topological polar surface area (TPSA) is 62.6 Å². The van der Waals surface area contributed by atoms with Crippen LogP contribution in [0.5, 0.6) is 0 Å². The molecule has 3 heterocycles. The van der Waals surface area contributed by atoms with Crippen molar-refractivity contribution < 1.29 is 9.69 Å². The molecule has 1 aliphatic heterocycles. The Morgan fingerprint density at radius 1 is 1.28 bits per heavy atom. The molecule has 1 amide bonds. The van der Waals surface area contributed by atoms with Crippen LogP contribution in [0.4, 0.5) is 5.82 Å². The Kier molecular flexibility index (Phi) is 4.97. The van der Waals surface area contributed by atoms with Crippen molar-refractivity contribution in [1.82, 2.24) is 15.3 Å². The number of aryl methyl sites for hydroxylation is 2. The first-order valence-electron chi connectivity index (χ1n) is 8.85. The summed E-state index contributed by atoms with van der Waals surface area (Å²) in [5.74, 6) is 1.18. The smallest absolute Gasteiger partial charge is 0.275 e. The van der Waals surface area contributed by atoms with E-state index < -0.39 is 0 Å². The highest BCUT2D eigenvalue weighted by Gasteiger charge is 2.26. The Bertz CT molecular complexity index is 772. The maximum atomic E-state index is 12.1. The maximum absolute atomic E-state index is 12.1. The third kappa shape index (κ3) is 4.10. The number of anilines is 1. The van der Waals surface area contributed by atoms with Gasteiger partial charge in [-0.2, -0.15) is 0 Å². The standard InChI is InChI=1S/C18H27N5OS/c1-12-13(2)25-17-15(12)16(19-11-20-17)23-8-6-22(7-9-23)10-14(24)21-18(3,4)5/h11H,6-10H2,1-5H3,(H,21,24)/p+1. The van der Waals surface area contributed by atoms with Crippen LogP contribution in [0, 0.1) is 13.8 Å². The minimum Gasteiger partial charge on any atom is -0.347 e. The van der Waals surface area contributed by atoms with Crippen LogP contribution >= 0.6 is 11.3 Å². The monoisotopic (exact) mass is 362 g/mol. The average Bonchev–Trinajstić information content (AvgIpc) is 2.81. The normalized spacial score (nSPS) is 16.4. The Labute approximate surface area is 153 Å². The van der Waals surface area contributed by atoms with E-state index in [1.807, 2.05) is 20.8 Å². The fourth-order valence-electron chi connectivity index (χ4n) is 3.30. The molecule has 3 rings (SSSR count). The summed E-state index contributed by atoms with van der Waals surface area (Å²) < 4.78 is 0. The van der Waals surface area contributed by atoms with Crippen LogP contribution in [0.15, 0.2) is 6.33 Å². The molecule has 0 spiro atoms. The Balaban J connectivity index is 1.66. The Morgan fingerprint density at radius 3 is 2.60 bits per heavy atom. The van der Waals surface area contributed by atoms with E-state index in [1.54, 1.807) is 17.7 Å². The summed E-state index contributed by atoms with van der Waals surface area (Å²) in [5, 5.41) is 4.24. The van der Waals surface area contributed by atoms with Gasteiger partial charge in [0.05, 0.1) is 31.6 Å². The molecule has 2 aromatic heterocycles. The first-order chi connectivity index (χ1) is 11.7. The fraction of sp³-hybridized carbons (Fsp3) is 0.611. The molecule has 0 aliphatic carbocycles. The maximum Gasteiger partial charge on any atom is 0.275 e. The van der Waals surface area contributed by atoms with E-state index in [0.29, 0.717) is 6.54 Å². The van der Waals surface area contributed by atoms with E-state index in [9.17, 15) is 4.79 Å². The van der Waals surface area contributed by atoms with Gasteiger partial charge in [0.2, 0.25) is 0 Å².